The Labute approximate surface area is 332 Å². The van der Waals surface area contributed by atoms with Gasteiger partial charge in [-0.05, 0) is 97.1 Å². The van der Waals surface area contributed by atoms with Crippen molar-refractivity contribution in [3.05, 3.63) is 218 Å². The lowest BCUT2D eigenvalue weighted by Crippen LogP contribution is -2.23. The van der Waals surface area contributed by atoms with Crippen molar-refractivity contribution in [2.45, 2.75) is 0 Å². The highest BCUT2D eigenvalue weighted by Crippen LogP contribution is 2.54. The van der Waals surface area contributed by atoms with Crippen LogP contribution >= 0.6 is 0 Å². The molecule has 270 valence electrons. The molecule has 9 aromatic rings. The standard InChI is InChI=1S/C51H36N6/c1-5-17-37(18-6-1)49-52-50(38-19-7-2-8-20-38)54-51(53-49)39-29-31-42(32-30-39)55(40-21-9-3-10-22-40)43-33-35-44(36-34-43)57-47-27-15-13-25-45(47)56(41-23-11-4-12-24-41)46-26-14-16-28-48(46)57/h1-36H. The van der Waals surface area contributed by atoms with Gasteiger partial charge in [0.1, 0.15) is 0 Å². The Morgan fingerprint density at radius 1 is 0.263 bits per heavy atom. The third-order valence-corrected chi connectivity index (χ3v) is 10.2. The lowest BCUT2D eigenvalue weighted by atomic mass is 10.0. The predicted octanol–water partition coefficient (Wildman–Crippen LogP) is 13.6. The second kappa shape index (κ2) is 14.8. The van der Waals surface area contributed by atoms with E-state index in [4.69, 9.17) is 15.0 Å². The van der Waals surface area contributed by atoms with Crippen molar-refractivity contribution in [1.82, 2.24) is 15.0 Å². The molecule has 1 aliphatic heterocycles. The first-order valence-corrected chi connectivity index (χ1v) is 19.0. The molecule has 6 nitrogen and oxygen atoms in total. The predicted molar refractivity (Wildman–Crippen MR) is 234 cm³/mol. The molecule has 0 N–H and O–H groups in total. The lowest BCUT2D eigenvalue weighted by molar-refractivity contribution is 1.07. The summed E-state index contributed by atoms with van der Waals surface area (Å²) in [7, 11) is 0. The highest BCUT2D eigenvalue weighted by molar-refractivity contribution is 6.01. The van der Waals surface area contributed by atoms with Crippen LogP contribution in [-0.2, 0) is 0 Å². The van der Waals surface area contributed by atoms with Gasteiger partial charge in [0.15, 0.2) is 17.5 Å². The molecular formula is C51H36N6. The van der Waals surface area contributed by atoms with Crippen molar-refractivity contribution in [3.63, 3.8) is 0 Å². The van der Waals surface area contributed by atoms with E-state index in [-0.39, 0.29) is 0 Å². The van der Waals surface area contributed by atoms with Crippen molar-refractivity contribution >= 4 is 51.2 Å². The van der Waals surface area contributed by atoms with Crippen LogP contribution in [0.3, 0.4) is 0 Å². The van der Waals surface area contributed by atoms with Gasteiger partial charge in [0.05, 0.1) is 22.7 Å². The van der Waals surface area contributed by atoms with Gasteiger partial charge in [0, 0.05) is 45.1 Å². The van der Waals surface area contributed by atoms with Gasteiger partial charge < -0.3 is 14.7 Å². The fourth-order valence-corrected chi connectivity index (χ4v) is 7.55. The largest absolute Gasteiger partial charge is 0.311 e. The number of hydrogen-bond donors (Lipinski definition) is 0. The zero-order chi connectivity index (χ0) is 38.0. The van der Waals surface area contributed by atoms with Gasteiger partial charge in [-0.3, -0.25) is 0 Å². The van der Waals surface area contributed by atoms with Crippen molar-refractivity contribution in [2.75, 3.05) is 14.7 Å². The van der Waals surface area contributed by atoms with Crippen molar-refractivity contribution in [1.29, 1.82) is 0 Å². The molecule has 0 aliphatic carbocycles. The molecule has 0 atom stereocenters. The normalized spacial score (nSPS) is 11.8. The van der Waals surface area contributed by atoms with E-state index in [0.717, 1.165) is 67.9 Å². The average Bonchev–Trinajstić information content (AvgIpc) is 3.30. The van der Waals surface area contributed by atoms with Gasteiger partial charge >= 0.3 is 0 Å². The molecule has 0 saturated heterocycles. The Balaban J connectivity index is 1.02. The summed E-state index contributed by atoms with van der Waals surface area (Å²) in [6.45, 7) is 0. The summed E-state index contributed by atoms with van der Waals surface area (Å²) in [5, 5.41) is 0. The molecule has 0 saturated carbocycles. The summed E-state index contributed by atoms with van der Waals surface area (Å²) >= 11 is 0. The maximum atomic E-state index is 4.95. The Kier molecular flexibility index (Phi) is 8.74. The van der Waals surface area contributed by atoms with E-state index in [0.29, 0.717) is 17.5 Å². The molecule has 2 heterocycles. The van der Waals surface area contributed by atoms with Gasteiger partial charge in [0.25, 0.3) is 0 Å². The first-order valence-electron chi connectivity index (χ1n) is 19.0. The molecule has 0 radical (unpaired) electrons. The first-order chi connectivity index (χ1) is 28.3. The number of benzene rings is 8. The minimum absolute atomic E-state index is 0.623. The molecule has 1 aromatic heterocycles. The molecule has 0 spiro atoms. The van der Waals surface area contributed by atoms with Crippen LogP contribution in [-0.4, -0.2) is 15.0 Å². The van der Waals surface area contributed by atoms with Gasteiger partial charge in [-0.1, -0.05) is 121 Å². The highest BCUT2D eigenvalue weighted by Gasteiger charge is 2.30. The van der Waals surface area contributed by atoms with Crippen molar-refractivity contribution in [2.24, 2.45) is 0 Å². The SMILES string of the molecule is c1ccc(-c2nc(-c3ccccc3)nc(-c3ccc(N(c4ccccc4)c4ccc(N5c6ccccc6N(c6ccccc6)c6ccccc65)cc4)cc3)n2)cc1. The molecular weight excluding hydrogens is 697 g/mol. The highest BCUT2D eigenvalue weighted by atomic mass is 15.3. The zero-order valence-electron chi connectivity index (χ0n) is 31.0. The maximum Gasteiger partial charge on any atom is 0.164 e. The van der Waals surface area contributed by atoms with E-state index in [2.05, 4.69) is 166 Å². The van der Waals surface area contributed by atoms with Crippen LogP contribution in [0.15, 0.2) is 218 Å². The van der Waals surface area contributed by atoms with E-state index in [1.807, 2.05) is 66.7 Å². The topological polar surface area (TPSA) is 48.4 Å². The lowest BCUT2D eigenvalue weighted by Gasteiger charge is -2.40. The minimum Gasteiger partial charge on any atom is -0.311 e. The van der Waals surface area contributed by atoms with E-state index >= 15 is 0 Å². The molecule has 0 unspecified atom stereocenters. The number of aromatic nitrogens is 3. The molecule has 1 aliphatic rings. The third kappa shape index (κ3) is 6.45. The minimum atomic E-state index is 0.623. The van der Waals surface area contributed by atoms with Gasteiger partial charge in [-0.2, -0.15) is 0 Å². The van der Waals surface area contributed by atoms with Crippen LogP contribution in [0.2, 0.25) is 0 Å². The first kappa shape index (κ1) is 33.7. The molecule has 10 rings (SSSR count). The van der Waals surface area contributed by atoms with E-state index < -0.39 is 0 Å². The van der Waals surface area contributed by atoms with E-state index in [1.54, 1.807) is 0 Å². The Bertz CT molecular complexity index is 2670. The van der Waals surface area contributed by atoms with E-state index in [9.17, 15) is 0 Å². The number of anilines is 9. The van der Waals surface area contributed by atoms with Crippen molar-refractivity contribution < 1.29 is 0 Å². The fourth-order valence-electron chi connectivity index (χ4n) is 7.55. The maximum absolute atomic E-state index is 4.95. The van der Waals surface area contributed by atoms with E-state index in [1.165, 1.54) is 0 Å². The molecule has 57 heavy (non-hydrogen) atoms. The number of rotatable bonds is 8. The molecule has 0 fully saturated rings. The van der Waals surface area contributed by atoms with Crippen molar-refractivity contribution in [3.8, 4) is 34.2 Å². The van der Waals surface area contributed by atoms with Crippen LogP contribution < -0.4 is 14.7 Å². The quantitative estimate of drug-likeness (QED) is 0.155. The summed E-state index contributed by atoms with van der Waals surface area (Å²) in [4.78, 5) is 21.8. The third-order valence-electron chi connectivity index (χ3n) is 10.2. The van der Waals surface area contributed by atoms with Gasteiger partial charge in [0.2, 0.25) is 0 Å². The Morgan fingerprint density at radius 3 is 0.982 bits per heavy atom. The van der Waals surface area contributed by atoms with Gasteiger partial charge in [-0.15, -0.1) is 0 Å². The fraction of sp³-hybridized carbons (Fsp3) is 0. The summed E-state index contributed by atoms with van der Waals surface area (Å²) in [5.74, 6) is 1.90. The number of fused-ring (bicyclic) bond motifs is 2. The van der Waals surface area contributed by atoms with Crippen LogP contribution in [0, 0.1) is 0 Å². The molecule has 0 bridgehead atoms. The second-order valence-electron chi connectivity index (χ2n) is 13.8. The number of para-hydroxylation sites is 6. The number of nitrogens with zero attached hydrogens (tertiary/aromatic N) is 6. The summed E-state index contributed by atoms with van der Waals surface area (Å²) in [5.41, 5.74) is 12.6. The second-order valence-corrected chi connectivity index (χ2v) is 13.8. The van der Waals surface area contributed by atoms with Crippen LogP contribution in [0.4, 0.5) is 51.2 Å². The summed E-state index contributed by atoms with van der Waals surface area (Å²) < 4.78 is 0. The van der Waals surface area contributed by atoms with Crippen LogP contribution in [0.1, 0.15) is 0 Å². The van der Waals surface area contributed by atoms with Crippen LogP contribution in [0.5, 0.6) is 0 Å². The Morgan fingerprint density at radius 2 is 0.561 bits per heavy atom. The molecule has 8 aromatic carbocycles. The monoisotopic (exact) mass is 732 g/mol. The average molecular weight is 733 g/mol. The number of hydrogen-bond acceptors (Lipinski definition) is 6. The Hall–Kier alpha value is -7.83. The van der Waals surface area contributed by atoms with Gasteiger partial charge in [-0.25, -0.2) is 15.0 Å². The smallest absolute Gasteiger partial charge is 0.164 e. The summed E-state index contributed by atoms with van der Waals surface area (Å²) in [6, 6.07) is 75.7. The molecule has 0 amide bonds. The summed E-state index contributed by atoms with van der Waals surface area (Å²) in [6.07, 6.45) is 0. The van der Waals surface area contributed by atoms with Crippen LogP contribution in [0.25, 0.3) is 34.2 Å². The molecule has 6 heteroatoms. The zero-order valence-corrected chi connectivity index (χ0v) is 31.0.